The lowest BCUT2D eigenvalue weighted by molar-refractivity contribution is -0.178. The van der Waals surface area contributed by atoms with Gasteiger partial charge in [0, 0.05) is 14.1 Å². The van der Waals surface area contributed by atoms with Gasteiger partial charge in [0.1, 0.15) is 0 Å². The van der Waals surface area contributed by atoms with Gasteiger partial charge in [-0.15, -0.1) is 5.06 Å². The molecule has 0 saturated carbocycles. The molecule has 0 amide bonds. The van der Waals surface area contributed by atoms with E-state index >= 15 is 0 Å². The fourth-order valence-electron chi connectivity index (χ4n) is 0.491. The summed E-state index contributed by atoms with van der Waals surface area (Å²) in [5.41, 5.74) is 0. The van der Waals surface area contributed by atoms with Crippen LogP contribution in [0.4, 0.5) is 0 Å². The summed E-state index contributed by atoms with van der Waals surface area (Å²) >= 11 is 0. The molecule has 0 spiro atoms. The first-order valence-electron chi connectivity index (χ1n) is 3.05. The van der Waals surface area contributed by atoms with Gasteiger partial charge >= 0.3 is 5.97 Å². The second-order valence-corrected chi connectivity index (χ2v) is 2.51. The fourth-order valence-corrected chi connectivity index (χ4v) is 0.491. The Kier molecular flexibility index (Phi) is 3.99. The molecule has 0 saturated heterocycles. The van der Waals surface area contributed by atoms with Crippen molar-refractivity contribution in [3.05, 3.63) is 0 Å². The van der Waals surface area contributed by atoms with Crippen LogP contribution in [0, 0.1) is 0 Å². The predicted molar refractivity (Wildman–Crippen MR) is 38.3 cm³/mol. The molecule has 0 rings (SSSR count). The number of hydrogen-bond donors (Lipinski definition) is 0. The van der Waals surface area contributed by atoms with Gasteiger partial charge in [-0.05, 0) is 14.1 Å². The van der Waals surface area contributed by atoms with Gasteiger partial charge in [0.2, 0.25) is 0 Å². The van der Waals surface area contributed by atoms with Crippen LogP contribution in [0.1, 0.15) is 0 Å². The van der Waals surface area contributed by atoms with E-state index in [9.17, 15) is 4.79 Å². The van der Waals surface area contributed by atoms with E-state index in [4.69, 9.17) is 4.84 Å². The van der Waals surface area contributed by atoms with Gasteiger partial charge in [-0.2, -0.15) is 0 Å². The van der Waals surface area contributed by atoms with E-state index in [-0.39, 0.29) is 5.97 Å². The maximum atomic E-state index is 10.8. The highest BCUT2D eigenvalue weighted by Crippen LogP contribution is 1.83. The van der Waals surface area contributed by atoms with Gasteiger partial charge in [0.15, 0.2) is 0 Å². The molecule has 0 aliphatic heterocycles. The van der Waals surface area contributed by atoms with Crippen LogP contribution in [-0.4, -0.2) is 50.7 Å². The molecule has 0 fully saturated rings. The minimum absolute atomic E-state index is 0.241. The second-order valence-electron chi connectivity index (χ2n) is 2.51. The fraction of sp³-hybridized carbons (Fsp3) is 0.833. The van der Waals surface area contributed by atoms with Crippen LogP contribution in [0.3, 0.4) is 0 Å². The molecule has 0 radical (unpaired) electrons. The minimum atomic E-state index is -0.241. The van der Waals surface area contributed by atoms with Gasteiger partial charge in [-0.25, -0.2) is 4.79 Å². The third-order valence-corrected chi connectivity index (χ3v) is 0.730. The van der Waals surface area contributed by atoms with Crippen molar-refractivity contribution in [2.45, 2.75) is 0 Å². The van der Waals surface area contributed by atoms with Crippen molar-refractivity contribution >= 4 is 5.97 Å². The van der Waals surface area contributed by atoms with Crippen molar-refractivity contribution in [1.82, 2.24) is 9.96 Å². The van der Waals surface area contributed by atoms with E-state index in [0.29, 0.717) is 6.54 Å². The highest BCUT2D eigenvalue weighted by Gasteiger charge is 2.04. The Morgan fingerprint density at radius 2 is 1.80 bits per heavy atom. The number of likely N-dealkylation sites (N-methyl/N-ethyl adjacent to an activating group) is 1. The Hall–Kier alpha value is -0.610. The predicted octanol–water partition coefficient (Wildman–Crippen LogP) is -0.432. The molecular formula is C6H14N2O2. The Balaban J connectivity index is 3.44. The third kappa shape index (κ3) is 5.53. The van der Waals surface area contributed by atoms with Crippen LogP contribution in [0.15, 0.2) is 0 Å². The van der Waals surface area contributed by atoms with Crippen molar-refractivity contribution < 1.29 is 9.63 Å². The number of nitrogens with zero attached hydrogens (tertiary/aromatic N) is 2. The summed E-state index contributed by atoms with van der Waals surface area (Å²) in [4.78, 5) is 17.2. The largest absolute Gasteiger partial charge is 0.367 e. The van der Waals surface area contributed by atoms with Crippen molar-refractivity contribution in [3.8, 4) is 0 Å². The average molecular weight is 146 g/mol. The lowest BCUT2D eigenvalue weighted by atomic mass is 10.6. The molecule has 0 atom stereocenters. The SMILES string of the molecule is CN(C)CC(=O)ON(C)C. The molecule has 4 nitrogen and oxygen atoms in total. The van der Waals surface area contributed by atoms with Gasteiger partial charge in [-0.3, -0.25) is 4.90 Å². The molecule has 0 aromatic heterocycles. The summed E-state index contributed by atoms with van der Waals surface area (Å²) in [5.74, 6) is -0.241. The molecule has 0 bridgehead atoms. The number of carbonyl (C=O) groups excluding carboxylic acids is 1. The normalized spacial score (nSPS) is 10.6. The Bertz CT molecular complexity index is 100. The Labute approximate surface area is 61.3 Å². The molecule has 0 N–H and O–H groups in total. The number of hydroxylamine groups is 2. The first-order valence-corrected chi connectivity index (χ1v) is 3.05. The summed E-state index contributed by atoms with van der Waals surface area (Å²) in [7, 11) is 6.98. The zero-order valence-electron chi connectivity index (χ0n) is 6.92. The molecule has 0 aromatic carbocycles. The van der Waals surface area contributed by atoms with E-state index in [1.807, 2.05) is 14.1 Å². The van der Waals surface area contributed by atoms with Crippen molar-refractivity contribution in [2.75, 3.05) is 34.7 Å². The van der Waals surface area contributed by atoms with Gasteiger partial charge in [-0.1, -0.05) is 0 Å². The molecule has 10 heavy (non-hydrogen) atoms. The Morgan fingerprint density at radius 1 is 1.30 bits per heavy atom. The lowest BCUT2D eigenvalue weighted by Crippen LogP contribution is -2.28. The second kappa shape index (κ2) is 4.24. The van der Waals surface area contributed by atoms with Crippen LogP contribution >= 0.6 is 0 Å². The van der Waals surface area contributed by atoms with Crippen molar-refractivity contribution in [2.24, 2.45) is 0 Å². The lowest BCUT2D eigenvalue weighted by Gasteiger charge is -2.12. The monoisotopic (exact) mass is 146 g/mol. The number of rotatable bonds is 3. The summed E-state index contributed by atoms with van der Waals surface area (Å²) in [6.07, 6.45) is 0. The molecule has 0 aromatic rings. The van der Waals surface area contributed by atoms with Crippen LogP contribution in [0.5, 0.6) is 0 Å². The van der Waals surface area contributed by atoms with E-state index in [1.54, 1.807) is 19.0 Å². The van der Waals surface area contributed by atoms with Gasteiger partial charge < -0.3 is 4.84 Å². The van der Waals surface area contributed by atoms with Crippen LogP contribution in [0.25, 0.3) is 0 Å². The highest BCUT2D eigenvalue weighted by molar-refractivity contribution is 5.71. The van der Waals surface area contributed by atoms with Crippen molar-refractivity contribution in [3.63, 3.8) is 0 Å². The molecule has 60 valence electrons. The standard InChI is InChI=1S/C6H14N2O2/c1-7(2)5-6(9)10-8(3)4/h5H2,1-4H3. The first kappa shape index (κ1) is 9.39. The third-order valence-electron chi connectivity index (χ3n) is 0.730. The Morgan fingerprint density at radius 3 is 2.10 bits per heavy atom. The van der Waals surface area contributed by atoms with Crippen LogP contribution in [0.2, 0.25) is 0 Å². The van der Waals surface area contributed by atoms with E-state index < -0.39 is 0 Å². The molecule has 0 unspecified atom stereocenters. The van der Waals surface area contributed by atoms with Gasteiger partial charge in [0.05, 0.1) is 6.54 Å². The number of hydrogen-bond acceptors (Lipinski definition) is 4. The molecule has 4 heteroatoms. The summed E-state index contributed by atoms with van der Waals surface area (Å²) in [6.45, 7) is 0.318. The molecule has 0 aliphatic carbocycles. The summed E-state index contributed by atoms with van der Waals surface area (Å²) < 4.78 is 0. The molecule has 0 heterocycles. The van der Waals surface area contributed by atoms with Gasteiger partial charge in [0.25, 0.3) is 0 Å². The smallest absolute Gasteiger partial charge is 0.338 e. The molecule has 0 aliphatic rings. The van der Waals surface area contributed by atoms with Crippen LogP contribution in [-0.2, 0) is 9.63 Å². The zero-order valence-corrected chi connectivity index (χ0v) is 6.92. The zero-order chi connectivity index (χ0) is 8.15. The van der Waals surface area contributed by atoms with Crippen LogP contribution < -0.4 is 0 Å². The summed E-state index contributed by atoms with van der Waals surface area (Å²) in [5, 5.41) is 1.38. The van der Waals surface area contributed by atoms with E-state index in [0.717, 1.165) is 0 Å². The quantitative estimate of drug-likeness (QED) is 0.506. The van der Waals surface area contributed by atoms with E-state index in [1.165, 1.54) is 5.06 Å². The average Bonchev–Trinajstić information content (AvgIpc) is 1.58. The van der Waals surface area contributed by atoms with Crippen molar-refractivity contribution in [1.29, 1.82) is 0 Å². The first-order chi connectivity index (χ1) is 4.52. The highest BCUT2D eigenvalue weighted by atomic mass is 16.7. The van der Waals surface area contributed by atoms with E-state index in [2.05, 4.69) is 0 Å². The number of carbonyl (C=O) groups is 1. The maximum Gasteiger partial charge on any atom is 0.338 e. The maximum absolute atomic E-state index is 10.8. The topological polar surface area (TPSA) is 32.8 Å². The summed E-state index contributed by atoms with van der Waals surface area (Å²) in [6, 6.07) is 0. The molecular weight excluding hydrogens is 132 g/mol. The minimum Gasteiger partial charge on any atom is -0.367 e.